The van der Waals surface area contributed by atoms with Crippen LogP contribution in [0.4, 0.5) is 0 Å². The first-order valence-electron chi connectivity index (χ1n) is 15.4. The van der Waals surface area contributed by atoms with Crippen LogP contribution in [0.5, 0.6) is 0 Å². The zero-order valence-corrected chi connectivity index (χ0v) is 24.6. The summed E-state index contributed by atoms with van der Waals surface area (Å²) >= 11 is 0. The highest BCUT2D eigenvalue weighted by atomic mass is 14.5. The van der Waals surface area contributed by atoms with Gasteiger partial charge in [0.2, 0.25) is 0 Å². The van der Waals surface area contributed by atoms with Crippen molar-refractivity contribution in [1.82, 2.24) is 0 Å². The maximum Gasteiger partial charge on any atom is 0.0726 e. The predicted molar refractivity (Wildman–Crippen MR) is 187 cm³/mol. The Hall–Kier alpha value is -5.46. The number of allylic oxidation sites excluding steroid dienone is 3. The molecule has 2 aliphatic carbocycles. The third-order valence-electron chi connectivity index (χ3n) is 10.0. The van der Waals surface area contributed by atoms with E-state index in [1.165, 1.54) is 82.7 Å². The molecule has 44 heavy (non-hydrogen) atoms. The molecule has 0 saturated heterocycles. The molecule has 0 nitrogen and oxygen atoms in total. The Morgan fingerprint density at radius 3 is 1.80 bits per heavy atom. The van der Waals surface area contributed by atoms with Gasteiger partial charge < -0.3 is 0 Å². The summed E-state index contributed by atoms with van der Waals surface area (Å²) in [6.07, 6.45) is 4.05. The normalized spacial score (nSPS) is 14.0. The Labute approximate surface area is 258 Å². The average Bonchev–Trinajstić information content (AvgIpc) is 3.56. The molecule has 7 aromatic carbocycles. The molecule has 9 rings (SSSR count). The van der Waals surface area contributed by atoms with Gasteiger partial charge in [-0.15, -0.1) is 0 Å². The van der Waals surface area contributed by atoms with Crippen LogP contribution >= 0.6 is 0 Å². The van der Waals surface area contributed by atoms with Gasteiger partial charge in [0.15, 0.2) is 0 Å². The van der Waals surface area contributed by atoms with E-state index in [0.717, 1.165) is 5.57 Å². The van der Waals surface area contributed by atoms with Crippen molar-refractivity contribution in [2.75, 3.05) is 0 Å². The first-order valence-corrected chi connectivity index (χ1v) is 15.4. The zero-order valence-electron chi connectivity index (χ0n) is 24.6. The van der Waals surface area contributed by atoms with E-state index in [0.29, 0.717) is 0 Å². The number of hydrogen-bond donors (Lipinski definition) is 0. The third-order valence-corrected chi connectivity index (χ3v) is 10.0. The lowest BCUT2D eigenvalue weighted by Crippen LogP contribution is -2.26. The van der Waals surface area contributed by atoms with Crippen molar-refractivity contribution in [2.24, 2.45) is 0 Å². The van der Waals surface area contributed by atoms with Crippen LogP contribution in [0.2, 0.25) is 0 Å². The van der Waals surface area contributed by atoms with Gasteiger partial charge in [-0.05, 0) is 101 Å². The Bertz CT molecular complexity index is 2300. The minimum absolute atomic E-state index is 0.401. The van der Waals surface area contributed by atoms with Crippen LogP contribution in [0.1, 0.15) is 34.7 Å². The molecule has 0 atom stereocenters. The predicted octanol–water partition coefficient (Wildman–Crippen LogP) is 11.6. The fraction of sp³-hybridized carbons (Fsp3) is 0.0455. The Balaban J connectivity index is 1.46. The molecule has 1 spiro atoms. The van der Waals surface area contributed by atoms with Crippen molar-refractivity contribution in [3.05, 3.63) is 186 Å². The minimum atomic E-state index is -0.401. The molecule has 0 radical (unpaired) electrons. The quantitative estimate of drug-likeness (QED) is 0.189. The summed E-state index contributed by atoms with van der Waals surface area (Å²) in [7, 11) is 0. The number of benzene rings is 7. The Morgan fingerprint density at radius 1 is 0.523 bits per heavy atom. The van der Waals surface area contributed by atoms with Crippen LogP contribution < -0.4 is 0 Å². The fourth-order valence-electron chi connectivity index (χ4n) is 8.24. The Morgan fingerprint density at radius 2 is 1.11 bits per heavy atom. The van der Waals surface area contributed by atoms with E-state index in [4.69, 9.17) is 0 Å². The molecule has 0 saturated carbocycles. The second-order valence-corrected chi connectivity index (χ2v) is 12.0. The van der Waals surface area contributed by atoms with Gasteiger partial charge in [0.05, 0.1) is 5.41 Å². The molecular weight excluding hydrogens is 528 g/mol. The van der Waals surface area contributed by atoms with E-state index in [-0.39, 0.29) is 0 Å². The molecule has 0 unspecified atom stereocenters. The van der Waals surface area contributed by atoms with Crippen molar-refractivity contribution in [2.45, 2.75) is 12.3 Å². The van der Waals surface area contributed by atoms with Gasteiger partial charge in [-0.25, -0.2) is 0 Å². The van der Waals surface area contributed by atoms with Gasteiger partial charge in [-0.3, -0.25) is 0 Å². The second kappa shape index (κ2) is 9.27. The zero-order chi connectivity index (χ0) is 29.4. The second-order valence-electron chi connectivity index (χ2n) is 12.0. The minimum Gasteiger partial charge on any atom is -0.0985 e. The third kappa shape index (κ3) is 3.12. The maximum atomic E-state index is 4.02. The summed E-state index contributed by atoms with van der Waals surface area (Å²) < 4.78 is 0. The summed E-state index contributed by atoms with van der Waals surface area (Å²) in [4.78, 5) is 0. The van der Waals surface area contributed by atoms with E-state index in [2.05, 4.69) is 159 Å². The van der Waals surface area contributed by atoms with Crippen LogP contribution in [0.15, 0.2) is 158 Å². The van der Waals surface area contributed by atoms with Crippen molar-refractivity contribution < 1.29 is 0 Å². The van der Waals surface area contributed by atoms with Crippen LogP contribution in [-0.2, 0) is 5.41 Å². The summed E-state index contributed by atoms with van der Waals surface area (Å²) in [6, 6.07) is 52.3. The fourth-order valence-corrected chi connectivity index (χ4v) is 8.24. The summed E-state index contributed by atoms with van der Waals surface area (Å²) in [5.74, 6) is 0. The van der Waals surface area contributed by atoms with Gasteiger partial charge in [-0.1, -0.05) is 152 Å². The van der Waals surface area contributed by atoms with E-state index in [1.807, 2.05) is 6.08 Å². The maximum absolute atomic E-state index is 4.02. The lowest BCUT2D eigenvalue weighted by molar-refractivity contribution is 0.795. The highest BCUT2D eigenvalue weighted by molar-refractivity contribution is 6.16. The molecule has 2 aliphatic rings. The van der Waals surface area contributed by atoms with E-state index >= 15 is 0 Å². The molecular formula is C44H30. The van der Waals surface area contributed by atoms with Crippen LogP contribution in [0.3, 0.4) is 0 Å². The van der Waals surface area contributed by atoms with Gasteiger partial charge in [0.25, 0.3) is 0 Å². The first-order chi connectivity index (χ1) is 21.8. The molecule has 206 valence electrons. The summed E-state index contributed by atoms with van der Waals surface area (Å²) in [5, 5.41) is 5.18. The molecule has 0 bridgehead atoms. The molecule has 0 heteroatoms. The molecule has 0 heterocycles. The SMILES string of the molecule is C=C/C(=C\C)c1ccc(-c2cc3c(c4ccccc24)-c2c(ccc4ccccc24)C32c3ccccc3-c3ccccc32)cc1. The van der Waals surface area contributed by atoms with Crippen molar-refractivity contribution >= 4 is 27.1 Å². The van der Waals surface area contributed by atoms with E-state index in [1.54, 1.807) is 0 Å². The van der Waals surface area contributed by atoms with Crippen molar-refractivity contribution in [3.63, 3.8) is 0 Å². The Kier molecular flexibility index (Phi) is 5.28. The van der Waals surface area contributed by atoms with Crippen molar-refractivity contribution in [1.29, 1.82) is 0 Å². The highest BCUT2D eigenvalue weighted by Crippen LogP contribution is 2.65. The van der Waals surface area contributed by atoms with Gasteiger partial charge in [-0.2, -0.15) is 0 Å². The van der Waals surface area contributed by atoms with Gasteiger partial charge >= 0.3 is 0 Å². The van der Waals surface area contributed by atoms with Gasteiger partial charge in [0, 0.05) is 0 Å². The summed E-state index contributed by atoms with van der Waals surface area (Å²) in [5.41, 5.74) is 15.3. The smallest absolute Gasteiger partial charge is 0.0726 e. The molecule has 0 N–H and O–H groups in total. The lowest BCUT2D eigenvalue weighted by Gasteiger charge is -2.31. The van der Waals surface area contributed by atoms with Crippen molar-refractivity contribution in [3.8, 4) is 33.4 Å². The average molecular weight is 559 g/mol. The highest BCUT2D eigenvalue weighted by Gasteiger charge is 2.52. The van der Waals surface area contributed by atoms with Gasteiger partial charge in [0.1, 0.15) is 0 Å². The lowest BCUT2D eigenvalue weighted by atomic mass is 9.70. The first kappa shape index (κ1) is 25.1. The van der Waals surface area contributed by atoms with E-state index < -0.39 is 5.41 Å². The monoisotopic (exact) mass is 558 g/mol. The standard InChI is InChI=1S/C44H30/c1-3-28(4-2)29-21-23-31(24-22-29)37-27-41-43(36-18-8-7-15-33(36)37)42-32-14-6-5-13-30(32)25-26-40(42)44(41)38-19-11-9-16-34(38)35-17-10-12-20-39(35)44/h3-27H,1H2,2H3/b28-4+. The van der Waals surface area contributed by atoms with Crippen LogP contribution in [-0.4, -0.2) is 0 Å². The van der Waals surface area contributed by atoms with Crippen LogP contribution in [0.25, 0.3) is 60.5 Å². The van der Waals surface area contributed by atoms with E-state index in [9.17, 15) is 0 Å². The molecule has 0 amide bonds. The molecule has 7 aromatic rings. The topological polar surface area (TPSA) is 0 Å². The number of rotatable bonds is 3. The number of hydrogen-bond acceptors (Lipinski definition) is 0. The summed E-state index contributed by atoms with van der Waals surface area (Å²) in [6.45, 7) is 6.09. The largest absolute Gasteiger partial charge is 0.0985 e. The molecule has 0 fully saturated rings. The van der Waals surface area contributed by atoms with Crippen LogP contribution in [0, 0.1) is 0 Å². The molecule has 0 aliphatic heterocycles. The number of fused-ring (bicyclic) bond motifs is 14. The molecule has 0 aromatic heterocycles.